The van der Waals surface area contributed by atoms with Gasteiger partial charge in [-0.15, -0.1) is 0 Å². The lowest BCUT2D eigenvalue weighted by atomic mass is 10.0. The summed E-state index contributed by atoms with van der Waals surface area (Å²) in [5, 5.41) is 5.08. The van der Waals surface area contributed by atoms with Gasteiger partial charge in [0, 0.05) is 49.6 Å². The van der Waals surface area contributed by atoms with E-state index in [1.165, 1.54) is 30.6 Å². The Hall–Kier alpha value is -3.80. The molecule has 0 bridgehead atoms. The highest BCUT2D eigenvalue weighted by Crippen LogP contribution is 2.41. The number of amides is 1. The normalized spacial score (nSPS) is 17.4. The summed E-state index contributed by atoms with van der Waals surface area (Å²) in [6.07, 6.45) is 0.303. The van der Waals surface area contributed by atoms with E-state index in [0.717, 1.165) is 17.0 Å². The van der Waals surface area contributed by atoms with Crippen LogP contribution in [0.5, 0.6) is 5.75 Å². The van der Waals surface area contributed by atoms with E-state index in [2.05, 4.69) is 25.5 Å². The zero-order valence-electron chi connectivity index (χ0n) is 20.6. The van der Waals surface area contributed by atoms with Crippen LogP contribution < -0.4 is 26.0 Å². The third kappa shape index (κ3) is 7.13. The van der Waals surface area contributed by atoms with Crippen molar-refractivity contribution in [3.05, 3.63) is 47.8 Å². The lowest BCUT2D eigenvalue weighted by molar-refractivity contribution is -0.115. The van der Waals surface area contributed by atoms with Crippen LogP contribution in [0.1, 0.15) is 19.4 Å². The Morgan fingerprint density at radius 1 is 1.27 bits per heavy atom. The average molecular weight is 519 g/mol. The summed E-state index contributed by atoms with van der Waals surface area (Å²) in [5.41, 5.74) is 8.35. The maximum atomic E-state index is 12.9. The van der Waals surface area contributed by atoms with Crippen LogP contribution >= 0.6 is 0 Å². The van der Waals surface area contributed by atoms with Crippen molar-refractivity contribution in [2.24, 2.45) is 10.7 Å². The Morgan fingerprint density at radius 3 is 2.76 bits per heavy atom. The molecule has 9 nitrogen and oxygen atoms in total. The molecular weight excluding hydrogens is 489 g/mol. The molecule has 1 fully saturated rings. The van der Waals surface area contributed by atoms with Gasteiger partial charge in [-0.25, -0.2) is 4.98 Å². The van der Waals surface area contributed by atoms with Gasteiger partial charge in [-0.2, -0.15) is 13.2 Å². The number of rotatable bonds is 7. The summed E-state index contributed by atoms with van der Waals surface area (Å²) in [4.78, 5) is 23.0. The molecule has 0 aliphatic carbocycles. The number of anilines is 3. The molecule has 1 aromatic heterocycles. The van der Waals surface area contributed by atoms with Crippen molar-refractivity contribution in [3.63, 3.8) is 0 Å². The topological polar surface area (TPSA) is 114 Å². The number of benzene rings is 1. The zero-order valence-corrected chi connectivity index (χ0v) is 20.6. The molecule has 3 heterocycles. The number of alkyl halides is 3. The standard InChI is InChI=1S/C25H29F3N6O3/c1-24(2)14-16-11-19(20(13-21(16)37-24)34-7-9-36-10-8-34)33-23(35)18(29)4-6-30-17-3-5-31-22(12-17)32-15-25(26,27)28/h3-6,11-13H,7-10,14-15,29H2,1-2H3,(H,31,32)(H,33,35). The van der Waals surface area contributed by atoms with E-state index in [4.69, 9.17) is 15.2 Å². The van der Waals surface area contributed by atoms with Crippen LogP contribution in [0.25, 0.3) is 0 Å². The molecule has 1 amide bonds. The van der Waals surface area contributed by atoms with Crippen molar-refractivity contribution in [3.8, 4) is 5.75 Å². The Bertz CT molecular complexity index is 1210. The predicted octanol–water partition coefficient (Wildman–Crippen LogP) is 3.79. The number of morpholine rings is 1. The van der Waals surface area contributed by atoms with Gasteiger partial charge in [-0.05, 0) is 32.1 Å². The summed E-state index contributed by atoms with van der Waals surface area (Å²) < 4.78 is 48.7. The summed E-state index contributed by atoms with van der Waals surface area (Å²) in [6.45, 7) is 5.33. The first-order chi connectivity index (χ1) is 17.5. The first-order valence-corrected chi connectivity index (χ1v) is 11.8. The summed E-state index contributed by atoms with van der Waals surface area (Å²) >= 11 is 0. The van der Waals surface area contributed by atoms with Gasteiger partial charge < -0.3 is 30.7 Å². The highest BCUT2D eigenvalue weighted by atomic mass is 19.4. The number of nitrogens with two attached hydrogens (primary N) is 1. The lowest BCUT2D eigenvalue weighted by Gasteiger charge is -2.31. The predicted molar refractivity (Wildman–Crippen MR) is 136 cm³/mol. The van der Waals surface area contributed by atoms with Crippen LogP contribution in [0.4, 0.5) is 36.1 Å². The number of nitrogens with one attached hydrogen (secondary N) is 2. The van der Waals surface area contributed by atoms with Crippen molar-refractivity contribution in [2.45, 2.75) is 32.0 Å². The van der Waals surface area contributed by atoms with E-state index < -0.39 is 18.6 Å². The number of hydrogen-bond donors (Lipinski definition) is 3. The zero-order chi connectivity index (χ0) is 26.6. The van der Waals surface area contributed by atoms with Crippen molar-refractivity contribution in [2.75, 3.05) is 48.4 Å². The van der Waals surface area contributed by atoms with Gasteiger partial charge in [0.05, 0.1) is 36.0 Å². The largest absolute Gasteiger partial charge is 0.487 e. The van der Waals surface area contributed by atoms with Crippen molar-refractivity contribution in [1.29, 1.82) is 0 Å². The quantitative estimate of drug-likeness (QED) is 0.378. The van der Waals surface area contributed by atoms with Crippen LogP contribution in [0, 0.1) is 0 Å². The number of aliphatic imine (C=N–C) groups is 1. The van der Waals surface area contributed by atoms with Crippen LogP contribution in [0.15, 0.2) is 47.2 Å². The van der Waals surface area contributed by atoms with E-state index >= 15 is 0 Å². The minimum Gasteiger partial charge on any atom is -0.487 e. The molecule has 2 aliphatic heterocycles. The van der Waals surface area contributed by atoms with Crippen molar-refractivity contribution < 1.29 is 27.4 Å². The number of fused-ring (bicyclic) bond motifs is 1. The number of ether oxygens (including phenoxy) is 2. The van der Waals surface area contributed by atoms with E-state index in [1.54, 1.807) is 0 Å². The first-order valence-electron chi connectivity index (χ1n) is 11.8. The molecule has 2 aliphatic rings. The minimum absolute atomic E-state index is 0.0288. The van der Waals surface area contributed by atoms with Gasteiger partial charge in [0.15, 0.2) is 0 Å². The summed E-state index contributed by atoms with van der Waals surface area (Å²) in [7, 11) is 0. The smallest absolute Gasteiger partial charge is 0.405 e. The lowest BCUT2D eigenvalue weighted by Crippen LogP contribution is -2.37. The third-order valence-electron chi connectivity index (χ3n) is 5.73. The SMILES string of the molecule is CC1(C)Cc2cc(NC(=O)C(N)=CC=Nc3ccnc(NCC(F)(F)F)c3)c(N3CCOCC3)cc2O1. The van der Waals surface area contributed by atoms with E-state index in [-0.39, 0.29) is 17.1 Å². The molecule has 0 saturated carbocycles. The maximum absolute atomic E-state index is 12.9. The highest BCUT2D eigenvalue weighted by Gasteiger charge is 2.32. The summed E-state index contributed by atoms with van der Waals surface area (Å²) in [5.74, 6) is 0.309. The molecule has 0 spiro atoms. The van der Waals surface area contributed by atoms with Crippen LogP contribution in [-0.2, 0) is 16.0 Å². The molecule has 1 saturated heterocycles. The number of carbonyl (C=O) groups is 1. The monoisotopic (exact) mass is 518 g/mol. The van der Waals surface area contributed by atoms with E-state index in [1.807, 2.05) is 26.0 Å². The molecule has 0 radical (unpaired) electrons. The Labute approximate surface area is 212 Å². The molecule has 37 heavy (non-hydrogen) atoms. The van der Waals surface area contributed by atoms with Crippen LogP contribution in [0.3, 0.4) is 0 Å². The molecule has 198 valence electrons. The number of hydrogen-bond acceptors (Lipinski definition) is 8. The number of aromatic nitrogens is 1. The molecular formula is C25H29F3N6O3. The third-order valence-corrected chi connectivity index (χ3v) is 5.73. The van der Waals surface area contributed by atoms with Gasteiger partial charge in [-0.1, -0.05) is 0 Å². The number of pyridine rings is 1. The average Bonchev–Trinajstić information content (AvgIpc) is 3.15. The molecule has 0 unspecified atom stereocenters. The Morgan fingerprint density at radius 2 is 2.03 bits per heavy atom. The first kappa shape index (κ1) is 26.3. The Balaban J connectivity index is 1.47. The maximum Gasteiger partial charge on any atom is 0.405 e. The van der Waals surface area contributed by atoms with Crippen molar-refractivity contribution >= 4 is 35.0 Å². The minimum atomic E-state index is -4.37. The number of nitrogens with zero attached hydrogens (tertiary/aromatic N) is 3. The van der Waals surface area contributed by atoms with E-state index in [9.17, 15) is 18.0 Å². The van der Waals surface area contributed by atoms with Crippen LogP contribution in [0.2, 0.25) is 0 Å². The van der Waals surface area contributed by atoms with E-state index in [0.29, 0.717) is 44.1 Å². The van der Waals surface area contributed by atoms with Gasteiger partial charge >= 0.3 is 6.18 Å². The van der Waals surface area contributed by atoms with Crippen LogP contribution in [-0.4, -0.2) is 61.7 Å². The van der Waals surface area contributed by atoms with Crippen molar-refractivity contribution in [1.82, 2.24) is 4.98 Å². The summed E-state index contributed by atoms with van der Waals surface area (Å²) in [6, 6.07) is 6.73. The van der Waals surface area contributed by atoms with Gasteiger partial charge in [-0.3, -0.25) is 9.79 Å². The second-order valence-electron chi connectivity index (χ2n) is 9.34. The molecule has 4 rings (SSSR count). The molecule has 2 aromatic rings. The second kappa shape index (κ2) is 10.7. The molecule has 1 aromatic carbocycles. The number of allylic oxidation sites excluding steroid dienone is 1. The fourth-order valence-electron chi connectivity index (χ4n) is 4.07. The molecule has 12 heteroatoms. The second-order valence-corrected chi connectivity index (χ2v) is 9.34. The van der Waals surface area contributed by atoms with Gasteiger partial charge in [0.2, 0.25) is 0 Å². The fraction of sp³-hybridized carbons (Fsp3) is 0.400. The Kier molecular flexibility index (Phi) is 7.58. The van der Waals surface area contributed by atoms with Gasteiger partial charge in [0.25, 0.3) is 5.91 Å². The fourth-order valence-corrected chi connectivity index (χ4v) is 4.07. The molecule has 0 atom stereocenters. The number of carbonyl (C=O) groups excluding carboxylic acids is 1. The van der Waals surface area contributed by atoms with Gasteiger partial charge in [0.1, 0.15) is 23.7 Å². The molecule has 4 N–H and O–H groups in total. The highest BCUT2D eigenvalue weighted by molar-refractivity contribution is 6.07. The number of halogens is 3.